The van der Waals surface area contributed by atoms with Crippen LogP contribution in [0.5, 0.6) is 0 Å². The van der Waals surface area contributed by atoms with Gasteiger partial charge in [0.15, 0.2) is 6.29 Å². The summed E-state index contributed by atoms with van der Waals surface area (Å²) in [6.45, 7) is 4.82. The molecule has 1 amide bonds. The SMILES string of the molecule is O=C(Cc1ccc(-n2cnnc2)cc1)N(Cc1ccc(F)cc1)C1CCN(CCC2OCCCO2)CC1. The number of ether oxygens (including phenoxy) is 2. The van der Waals surface area contributed by atoms with Crippen molar-refractivity contribution >= 4 is 5.91 Å². The van der Waals surface area contributed by atoms with Gasteiger partial charge < -0.3 is 19.3 Å². The molecule has 2 aromatic carbocycles. The first-order chi connectivity index (χ1) is 18.1. The summed E-state index contributed by atoms with van der Waals surface area (Å²) in [5.74, 6) is -0.183. The van der Waals surface area contributed by atoms with Crippen molar-refractivity contribution in [2.24, 2.45) is 0 Å². The van der Waals surface area contributed by atoms with E-state index in [1.165, 1.54) is 12.1 Å². The molecule has 0 saturated carbocycles. The van der Waals surface area contributed by atoms with Crippen LogP contribution in [-0.4, -0.2) is 75.7 Å². The molecule has 2 fully saturated rings. The predicted molar refractivity (Wildman–Crippen MR) is 136 cm³/mol. The standard InChI is InChI=1S/C28H34FN5O3/c29-24-6-2-23(3-7-24)19-34(26-10-13-32(14-11-26)15-12-28-36-16-1-17-37-28)27(35)18-22-4-8-25(9-5-22)33-20-30-31-21-33/h2-9,20-21,26,28H,1,10-19H2. The molecule has 2 saturated heterocycles. The maximum absolute atomic E-state index is 13.6. The molecular weight excluding hydrogens is 473 g/mol. The highest BCUT2D eigenvalue weighted by Gasteiger charge is 2.28. The minimum atomic E-state index is -0.269. The van der Waals surface area contributed by atoms with E-state index >= 15 is 0 Å². The van der Waals surface area contributed by atoms with Crippen molar-refractivity contribution in [1.29, 1.82) is 0 Å². The number of benzene rings is 2. The number of carbonyl (C=O) groups is 1. The van der Waals surface area contributed by atoms with Gasteiger partial charge in [0.2, 0.25) is 5.91 Å². The predicted octanol–water partition coefficient (Wildman–Crippen LogP) is 3.60. The van der Waals surface area contributed by atoms with Crippen LogP contribution in [0, 0.1) is 5.82 Å². The lowest BCUT2D eigenvalue weighted by Crippen LogP contribution is -2.48. The highest BCUT2D eigenvalue weighted by atomic mass is 19.1. The monoisotopic (exact) mass is 507 g/mol. The van der Waals surface area contributed by atoms with Gasteiger partial charge in [-0.2, -0.15) is 0 Å². The molecule has 0 N–H and O–H groups in total. The molecule has 0 spiro atoms. The van der Waals surface area contributed by atoms with E-state index in [4.69, 9.17) is 9.47 Å². The van der Waals surface area contributed by atoms with E-state index in [9.17, 15) is 9.18 Å². The number of amides is 1. The van der Waals surface area contributed by atoms with Crippen LogP contribution in [0.3, 0.4) is 0 Å². The number of halogens is 1. The van der Waals surface area contributed by atoms with Crippen LogP contribution < -0.4 is 0 Å². The van der Waals surface area contributed by atoms with Crippen LogP contribution in [0.25, 0.3) is 5.69 Å². The lowest BCUT2D eigenvalue weighted by molar-refractivity contribution is -0.182. The van der Waals surface area contributed by atoms with Crippen molar-refractivity contribution in [3.05, 3.63) is 78.1 Å². The number of likely N-dealkylation sites (tertiary alicyclic amines) is 1. The number of rotatable bonds is 9. The molecule has 0 bridgehead atoms. The number of hydrogen-bond donors (Lipinski definition) is 0. The molecule has 3 aromatic rings. The number of aromatic nitrogens is 3. The molecule has 0 aliphatic carbocycles. The fraction of sp³-hybridized carbons (Fsp3) is 0.464. The van der Waals surface area contributed by atoms with E-state index in [-0.39, 0.29) is 24.1 Å². The summed E-state index contributed by atoms with van der Waals surface area (Å²) in [6.07, 6.45) is 7.16. The Balaban J connectivity index is 1.21. The average molecular weight is 508 g/mol. The zero-order valence-corrected chi connectivity index (χ0v) is 21.0. The first-order valence-corrected chi connectivity index (χ1v) is 13.1. The van der Waals surface area contributed by atoms with E-state index in [2.05, 4.69) is 15.1 Å². The third-order valence-electron chi connectivity index (χ3n) is 7.17. The Morgan fingerprint density at radius 2 is 1.59 bits per heavy atom. The molecule has 0 atom stereocenters. The normalized spacial score (nSPS) is 17.6. The third-order valence-corrected chi connectivity index (χ3v) is 7.17. The Hall–Kier alpha value is -3.14. The van der Waals surface area contributed by atoms with Crippen LogP contribution in [0.1, 0.15) is 36.8 Å². The van der Waals surface area contributed by atoms with Gasteiger partial charge in [-0.1, -0.05) is 24.3 Å². The van der Waals surface area contributed by atoms with Gasteiger partial charge in [-0.25, -0.2) is 4.39 Å². The summed E-state index contributed by atoms with van der Waals surface area (Å²) >= 11 is 0. The van der Waals surface area contributed by atoms with E-state index in [0.717, 1.165) is 75.3 Å². The Labute approximate surface area is 217 Å². The summed E-state index contributed by atoms with van der Waals surface area (Å²) < 4.78 is 26.7. The van der Waals surface area contributed by atoms with Gasteiger partial charge in [0.05, 0.1) is 19.6 Å². The summed E-state index contributed by atoms with van der Waals surface area (Å²) in [6, 6.07) is 14.5. The van der Waals surface area contributed by atoms with E-state index in [0.29, 0.717) is 13.0 Å². The molecule has 1 aromatic heterocycles. The summed E-state index contributed by atoms with van der Waals surface area (Å²) in [4.78, 5) is 18.0. The number of hydrogen-bond acceptors (Lipinski definition) is 6. The van der Waals surface area contributed by atoms with Crippen molar-refractivity contribution < 1.29 is 18.7 Å². The Morgan fingerprint density at radius 3 is 2.27 bits per heavy atom. The Kier molecular flexibility index (Phi) is 8.55. The molecule has 3 heterocycles. The summed E-state index contributed by atoms with van der Waals surface area (Å²) in [5.41, 5.74) is 2.84. The Bertz CT molecular complexity index is 1110. The van der Waals surface area contributed by atoms with Gasteiger partial charge in [0.1, 0.15) is 18.5 Å². The number of piperidine rings is 1. The molecule has 37 heavy (non-hydrogen) atoms. The second kappa shape index (κ2) is 12.4. The molecule has 9 heteroatoms. The Morgan fingerprint density at radius 1 is 0.946 bits per heavy atom. The van der Waals surface area contributed by atoms with Gasteiger partial charge in [-0.05, 0) is 54.7 Å². The highest BCUT2D eigenvalue weighted by molar-refractivity contribution is 5.79. The van der Waals surface area contributed by atoms with Crippen molar-refractivity contribution in [2.75, 3.05) is 32.8 Å². The molecule has 8 nitrogen and oxygen atoms in total. The summed E-state index contributed by atoms with van der Waals surface area (Å²) in [7, 11) is 0. The molecule has 5 rings (SSSR count). The molecular formula is C28H34FN5O3. The first-order valence-electron chi connectivity index (χ1n) is 13.1. The molecule has 196 valence electrons. The van der Waals surface area contributed by atoms with Crippen LogP contribution in [-0.2, 0) is 27.2 Å². The highest BCUT2D eigenvalue weighted by Crippen LogP contribution is 2.22. The number of nitrogens with zero attached hydrogens (tertiary/aromatic N) is 5. The molecule has 2 aliphatic heterocycles. The van der Waals surface area contributed by atoms with E-state index < -0.39 is 0 Å². The first kappa shape index (κ1) is 25.5. The third kappa shape index (κ3) is 7.00. The summed E-state index contributed by atoms with van der Waals surface area (Å²) in [5, 5.41) is 7.69. The lowest BCUT2D eigenvalue weighted by Gasteiger charge is -2.39. The van der Waals surface area contributed by atoms with Crippen LogP contribution in [0.15, 0.2) is 61.2 Å². The van der Waals surface area contributed by atoms with Crippen molar-refractivity contribution in [3.8, 4) is 5.69 Å². The minimum Gasteiger partial charge on any atom is -0.353 e. The molecule has 0 radical (unpaired) electrons. The maximum Gasteiger partial charge on any atom is 0.227 e. The van der Waals surface area contributed by atoms with Crippen molar-refractivity contribution in [2.45, 2.75) is 51.0 Å². The second-order valence-corrected chi connectivity index (χ2v) is 9.75. The lowest BCUT2D eigenvalue weighted by atomic mass is 10.0. The zero-order chi connectivity index (χ0) is 25.5. The fourth-order valence-electron chi connectivity index (χ4n) is 5.05. The van der Waals surface area contributed by atoms with Gasteiger partial charge in [0.25, 0.3) is 0 Å². The van der Waals surface area contributed by atoms with Crippen LogP contribution >= 0.6 is 0 Å². The average Bonchev–Trinajstić information content (AvgIpc) is 3.48. The zero-order valence-electron chi connectivity index (χ0n) is 21.0. The van der Waals surface area contributed by atoms with Gasteiger partial charge >= 0.3 is 0 Å². The van der Waals surface area contributed by atoms with Crippen LogP contribution in [0.2, 0.25) is 0 Å². The van der Waals surface area contributed by atoms with E-state index in [1.807, 2.05) is 33.7 Å². The minimum absolute atomic E-state index is 0.0869. The van der Waals surface area contributed by atoms with Gasteiger partial charge in [-0.3, -0.25) is 9.36 Å². The van der Waals surface area contributed by atoms with E-state index in [1.54, 1.807) is 24.8 Å². The van der Waals surface area contributed by atoms with Gasteiger partial charge in [0, 0.05) is 44.3 Å². The molecule has 0 unspecified atom stereocenters. The smallest absolute Gasteiger partial charge is 0.227 e. The largest absolute Gasteiger partial charge is 0.353 e. The van der Waals surface area contributed by atoms with Crippen molar-refractivity contribution in [1.82, 2.24) is 24.6 Å². The second-order valence-electron chi connectivity index (χ2n) is 9.75. The quantitative estimate of drug-likeness (QED) is 0.441. The van der Waals surface area contributed by atoms with Crippen LogP contribution in [0.4, 0.5) is 4.39 Å². The fourth-order valence-corrected chi connectivity index (χ4v) is 5.05. The topological polar surface area (TPSA) is 72.7 Å². The molecule has 2 aliphatic rings. The van der Waals surface area contributed by atoms with Gasteiger partial charge in [-0.15, -0.1) is 10.2 Å². The van der Waals surface area contributed by atoms with Crippen molar-refractivity contribution in [3.63, 3.8) is 0 Å². The maximum atomic E-state index is 13.6. The number of carbonyl (C=O) groups excluding carboxylic acids is 1.